The molecule has 0 bridgehead atoms. The number of nitrogens with one attached hydrogen (secondary N) is 1. The highest BCUT2D eigenvalue weighted by Crippen LogP contribution is 2.24. The first-order valence-electron chi connectivity index (χ1n) is 6.70. The molecular weight excluding hydrogens is 236 g/mol. The molecule has 0 spiro atoms. The van der Waals surface area contributed by atoms with E-state index in [1.165, 1.54) is 0 Å². The van der Waals surface area contributed by atoms with Crippen molar-refractivity contribution >= 4 is 10.0 Å². The molecule has 0 saturated heterocycles. The van der Waals surface area contributed by atoms with E-state index in [0.29, 0.717) is 6.04 Å². The van der Waals surface area contributed by atoms with Crippen LogP contribution in [0.15, 0.2) is 0 Å². The summed E-state index contributed by atoms with van der Waals surface area (Å²) in [6.07, 6.45) is 5.31. The molecule has 0 aromatic heterocycles. The molecule has 0 atom stereocenters. The predicted molar refractivity (Wildman–Crippen MR) is 71.6 cm³/mol. The summed E-state index contributed by atoms with van der Waals surface area (Å²) < 4.78 is 25.1. The van der Waals surface area contributed by atoms with Gasteiger partial charge in [0.1, 0.15) is 0 Å². The molecule has 0 aromatic rings. The van der Waals surface area contributed by atoms with E-state index < -0.39 is 10.0 Å². The van der Waals surface area contributed by atoms with Crippen LogP contribution in [0.5, 0.6) is 0 Å². The molecule has 1 aliphatic rings. The molecule has 102 valence electrons. The Morgan fingerprint density at radius 1 is 1.18 bits per heavy atom. The maximum atomic E-state index is 11.8. The highest BCUT2D eigenvalue weighted by atomic mass is 32.2. The van der Waals surface area contributed by atoms with E-state index in [0.717, 1.165) is 38.6 Å². The summed E-state index contributed by atoms with van der Waals surface area (Å²) in [4.78, 5) is 0. The largest absolute Gasteiger partial charge is 0.314 e. The summed E-state index contributed by atoms with van der Waals surface area (Å²) in [5, 5.41) is 3.52. The monoisotopic (exact) mass is 262 g/mol. The molecule has 1 aliphatic carbocycles. The zero-order valence-electron chi connectivity index (χ0n) is 11.3. The first kappa shape index (κ1) is 14.9. The van der Waals surface area contributed by atoms with Gasteiger partial charge in [0.15, 0.2) is 0 Å². The van der Waals surface area contributed by atoms with Gasteiger partial charge in [-0.25, -0.2) is 12.7 Å². The van der Waals surface area contributed by atoms with Gasteiger partial charge in [0.05, 0.1) is 5.75 Å². The average molecular weight is 262 g/mol. The molecule has 0 aromatic carbocycles. The van der Waals surface area contributed by atoms with Gasteiger partial charge in [-0.3, -0.25) is 0 Å². The van der Waals surface area contributed by atoms with Crippen molar-refractivity contribution in [1.82, 2.24) is 9.62 Å². The van der Waals surface area contributed by atoms with Crippen LogP contribution in [-0.4, -0.2) is 44.2 Å². The van der Waals surface area contributed by atoms with Gasteiger partial charge in [-0.05, 0) is 45.6 Å². The maximum Gasteiger partial charge on any atom is 0.213 e. The standard InChI is InChI=1S/C12H26N2O2S/c1-4-10-13-11-6-8-12(9-7-11)14(3)17(15,16)5-2/h11-13H,4-10H2,1-3H3. The lowest BCUT2D eigenvalue weighted by Gasteiger charge is -2.34. The third kappa shape index (κ3) is 4.23. The minimum atomic E-state index is -3.02. The predicted octanol–water partition coefficient (Wildman–Crippen LogP) is 1.58. The molecule has 17 heavy (non-hydrogen) atoms. The zero-order chi connectivity index (χ0) is 12.9. The number of nitrogens with zero attached hydrogens (tertiary/aromatic N) is 1. The lowest BCUT2D eigenvalue weighted by molar-refractivity contribution is 0.250. The summed E-state index contributed by atoms with van der Waals surface area (Å²) in [5.41, 5.74) is 0. The third-order valence-corrected chi connectivity index (χ3v) is 5.60. The highest BCUT2D eigenvalue weighted by Gasteiger charge is 2.28. The first-order valence-corrected chi connectivity index (χ1v) is 8.31. The number of hydrogen-bond donors (Lipinski definition) is 1. The van der Waals surface area contributed by atoms with Crippen LogP contribution in [0, 0.1) is 0 Å². The van der Waals surface area contributed by atoms with Crippen LogP contribution in [0.2, 0.25) is 0 Å². The van der Waals surface area contributed by atoms with Gasteiger partial charge in [-0.15, -0.1) is 0 Å². The van der Waals surface area contributed by atoms with Crippen LogP contribution < -0.4 is 5.32 Å². The Bertz CT molecular complexity index is 308. The SMILES string of the molecule is CCCNC1CCC(N(C)S(=O)(=O)CC)CC1. The molecule has 0 aliphatic heterocycles. The van der Waals surface area contributed by atoms with Crippen LogP contribution in [0.3, 0.4) is 0 Å². The Morgan fingerprint density at radius 2 is 1.76 bits per heavy atom. The second-order valence-corrected chi connectivity index (χ2v) is 7.19. The molecular formula is C12H26N2O2S. The van der Waals surface area contributed by atoms with E-state index >= 15 is 0 Å². The average Bonchev–Trinajstić information content (AvgIpc) is 2.36. The molecule has 0 unspecified atom stereocenters. The number of hydrogen-bond acceptors (Lipinski definition) is 3. The Morgan fingerprint density at radius 3 is 2.24 bits per heavy atom. The summed E-state index contributed by atoms with van der Waals surface area (Å²) in [6, 6.07) is 0.795. The topological polar surface area (TPSA) is 49.4 Å². The van der Waals surface area contributed by atoms with E-state index in [-0.39, 0.29) is 11.8 Å². The fraction of sp³-hybridized carbons (Fsp3) is 1.00. The van der Waals surface area contributed by atoms with Crippen molar-refractivity contribution in [2.45, 2.75) is 58.0 Å². The molecule has 4 nitrogen and oxygen atoms in total. The lowest BCUT2D eigenvalue weighted by Crippen LogP contribution is -2.43. The van der Waals surface area contributed by atoms with E-state index in [1.807, 2.05) is 0 Å². The summed E-state index contributed by atoms with van der Waals surface area (Å²) in [5.74, 6) is 0.206. The van der Waals surface area contributed by atoms with Gasteiger partial charge in [-0.2, -0.15) is 0 Å². The van der Waals surface area contributed by atoms with Crippen molar-refractivity contribution in [3.8, 4) is 0 Å². The van der Waals surface area contributed by atoms with Gasteiger partial charge in [-0.1, -0.05) is 6.92 Å². The Labute approximate surface area is 106 Å². The van der Waals surface area contributed by atoms with Crippen molar-refractivity contribution in [2.75, 3.05) is 19.3 Å². The van der Waals surface area contributed by atoms with Gasteiger partial charge in [0, 0.05) is 19.1 Å². The van der Waals surface area contributed by atoms with E-state index in [1.54, 1.807) is 18.3 Å². The molecule has 0 radical (unpaired) electrons. The van der Waals surface area contributed by atoms with Gasteiger partial charge >= 0.3 is 0 Å². The highest BCUT2D eigenvalue weighted by molar-refractivity contribution is 7.89. The smallest absolute Gasteiger partial charge is 0.213 e. The van der Waals surface area contributed by atoms with Gasteiger partial charge < -0.3 is 5.32 Å². The summed E-state index contributed by atoms with van der Waals surface area (Å²) in [6.45, 7) is 4.94. The molecule has 1 fully saturated rings. The third-order valence-electron chi connectivity index (χ3n) is 3.70. The van der Waals surface area contributed by atoms with E-state index in [9.17, 15) is 8.42 Å². The molecule has 0 amide bonds. The summed E-state index contributed by atoms with van der Waals surface area (Å²) in [7, 11) is -1.29. The van der Waals surface area contributed by atoms with E-state index in [4.69, 9.17) is 0 Å². The summed E-state index contributed by atoms with van der Waals surface area (Å²) >= 11 is 0. The van der Waals surface area contributed by atoms with Crippen molar-refractivity contribution in [1.29, 1.82) is 0 Å². The van der Waals surface area contributed by atoms with Crippen LogP contribution in [0.25, 0.3) is 0 Å². The van der Waals surface area contributed by atoms with Gasteiger partial charge in [0.25, 0.3) is 0 Å². The molecule has 5 heteroatoms. The second kappa shape index (κ2) is 6.71. The fourth-order valence-electron chi connectivity index (χ4n) is 2.42. The van der Waals surface area contributed by atoms with Crippen molar-refractivity contribution < 1.29 is 8.42 Å². The minimum Gasteiger partial charge on any atom is -0.314 e. The molecule has 1 rings (SSSR count). The van der Waals surface area contributed by atoms with Crippen LogP contribution in [0.1, 0.15) is 46.0 Å². The maximum absolute atomic E-state index is 11.8. The van der Waals surface area contributed by atoms with Crippen molar-refractivity contribution in [2.24, 2.45) is 0 Å². The van der Waals surface area contributed by atoms with E-state index in [2.05, 4.69) is 12.2 Å². The quantitative estimate of drug-likeness (QED) is 0.790. The minimum absolute atomic E-state index is 0.206. The van der Waals surface area contributed by atoms with Gasteiger partial charge in [0.2, 0.25) is 10.0 Å². The van der Waals surface area contributed by atoms with Crippen LogP contribution >= 0.6 is 0 Å². The van der Waals surface area contributed by atoms with Crippen LogP contribution in [-0.2, 0) is 10.0 Å². The zero-order valence-corrected chi connectivity index (χ0v) is 12.1. The normalized spacial score (nSPS) is 26.4. The molecule has 0 heterocycles. The fourth-order valence-corrected chi connectivity index (χ4v) is 3.50. The first-order chi connectivity index (χ1) is 8.01. The second-order valence-electron chi connectivity index (χ2n) is 4.88. The van der Waals surface area contributed by atoms with Crippen molar-refractivity contribution in [3.63, 3.8) is 0 Å². The Balaban J connectivity index is 2.41. The van der Waals surface area contributed by atoms with Crippen LogP contribution in [0.4, 0.5) is 0 Å². The molecule has 1 N–H and O–H groups in total. The Kier molecular flexibility index (Phi) is 5.89. The molecule has 1 saturated carbocycles. The van der Waals surface area contributed by atoms with Crippen molar-refractivity contribution in [3.05, 3.63) is 0 Å². The lowest BCUT2D eigenvalue weighted by atomic mass is 9.91. The number of rotatable bonds is 6. The Hall–Kier alpha value is -0.130. The number of sulfonamides is 1.